The number of nitrogens with one attached hydrogen (secondary N) is 1. The van der Waals surface area contributed by atoms with Crippen LogP contribution in [0.3, 0.4) is 0 Å². The van der Waals surface area contributed by atoms with Gasteiger partial charge in [0.2, 0.25) is 5.91 Å². The average Bonchev–Trinajstić information content (AvgIpc) is 3.52. The van der Waals surface area contributed by atoms with Gasteiger partial charge in [0.15, 0.2) is 0 Å². The molecule has 160 valence electrons. The number of benzene rings is 1. The molecule has 1 saturated carbocycles. The predicted molar refractivity (Wildman–Crippen MR) is 113 cm³/mol. The molecule has 2 aliphatic rings. The van der Waals surface area contributed by atoms with Crippen LogP contribution < -0.4 is 5.32 Å². The number of carbonyl (C=O) groups is 2. The number of rotatable bonds is 8. The van der Waals surface area contributed by atoms with E-state index >= 15 is 0 Å². The zero-order valence-corrected chi connectivity index (χ0v) is 17.4. The van der Waals surface area contributed by atoms with Crippen LogP contribution in [0.2, 0.25) is 0 Å². The number of ether oxygens (including phenoxy) is 1. The van der Waals surface area contributed by atoms with Crippen LogP contribution in [-0.4, -0.2) is 84.4 Å². The van der Waals surface area contributed by atoms with E-state index in [2.05, 4.69) is 15.3 Å². The lowest BCUT2D eigenvalue weighted by molar-refractivity contribution is -0.122. The Balaban J connectivity index is 1.38. The van der Waals surface area contributed by atoms with Gasteiger partial charge in [-0.15, -0.1) is 0 Å². The largest absolute Gasteiger partial charge is 0.383 e. The summed E-state index contributed by atoms with van der Waals surface area (Å²) in [6.45, 7) is 3.99. The zero-order valence-electron chi connectivity index (χ0n) is 17.4. The minimum atomic E-state index is -0.00742. The van der Waals surface area contributed by atoms with E-state index in [0.717, 1.165) is 24.2 Å². The minimum Gasteiger partial charge on any atom is -0.383 e. The molecule has 0 atom stereocenters. The van der Waals surface area contributed by atoms with E-state index in [9.17, 15) is 9.59 Å². The molecule has 0 radical (unpaired) electrons. The van der Waals surface area contributed by atoms with Crippen molar-refractivity contribution in [1.82, 2.24) is 24.9 Å². The molecule has 1 aliphatic carbocycles. The monoisotopic (exact) mass is 411 g/mol. The highest BCUT2D eigenvalue weighted by atomic mass is 16.5. The summed E-state index contributed by atoms with van der Waals surface area (Å²) in [5.74, 6) is 0.444. The standard InChI is InChI=1S/C22H29N5O3/c1-30-14-9-23-20(28)16-25-10-12-26(13-11-25)22(29)19-15-24-27(21(19)17-7-8-17)18-5-3-2-4-6-18/h2-6,15,17H,7-14,16H2,1H3,(H,23,28). The van der Waals surface area contributed by atoms with Gasteiger partial charge in [0.1, 0.15) is 0 Å². The molecular weight excluding hydrogens is 382 g/mol. The molecule has 1 saturated heterocycles. The van der Waals surface area contributed by atoms with Crippen molar-refractivity contribution >= 4 is 11.8 Å². The van der Waals surface area contributed by atoms with Gasteiger partial charge in [0, 0.05) is 45.8 Å². The van der Waals surface area contributed by atoms with Gasteiger partial charge in [-0.2, -0.15) is 5.10 Å². The summed E-state index contributed by atoms with van der Waals surface area (Å²) >= 11 is 0. The topological polar surface area (TPSA) is 79.7 Å². The molecule has 4 rings (SSSR count). The summed E-state index contributed by atoms with van der Waals surface area (Å²) in [6.07, 6.45) is 3.92. The number of amides is 2. The summed E-state index contributed by atoms with van der Waals surface area (Å²) in [7, 11) is 1.61. The lowest BCUT2D eigenvalue weighted by Crippen LogP contribution is -2.51. The second-order valence-electron chi connectivity index (χ2n) is 7.88. The van der Waals surface area contributed by atoms with Crippen LogP contribution in [0, 0.1) is 0 Å². The third-order valence-electron chi connectivity index (χ3n) is 5.66. The van der Waals surface area contributed by atoms with Crippen LogP contribution in [-0.2, 0) is 9.53 Å². The highest BCUT2D eigenvalue weighted by molar-refractivity contribution is 5.95. The van der Waals surface area contributed by atoms with Crippen molar-refractivity contribution in [3.63, 3.8) is 0 Å². The third kappa shape index (κ3) is 4.71. The van der Waals surface area contributed by atoms with Crippen LogP contribution >= 0.6 is 0 Å². The SMILES string of the molecule is COCCNC(=O)CN1CCN(C(=O)c2cnn(-c3ccccc3)c2C2CC2)CC1. The Morgan fingerprint density at radius 2 is 1.87 bits per heavy atom. The molecule has 0 unspecified atom stereocenters. The van der Waals surface area contributed by atoms with Crippen molar-refractivity contribution in [2.75, 3.05) is 53.0 Å². The maximum atomic E-state index is 13.3. The quantitative estimate of drug-likeness (QED) is 0.662. The molecular formula is C22H29N5O3. The first-order chi connectivity index (χ1) is 14.7. The van der Waals surface area contributed by atoms with E-state index in [1.807, 2.05) is 39.9 Å². The van der Waals surface area contributed by atoms with Crippen molar-refractivity contribution in [2.24, 2.45) is 0 Å². The molecule has 0 spiro atoms. The molecule has 1 aromatic carbocycles. The number of para-hydroxylation sites is 1. The molecule has 8 heteroatoms. The first kappa shape index (κ1) is 20.6. The fourth-order valence-corrected chi connectivity index (χ4v) is 3.88. The number of aromatic nitrogens is 2. The van der Waals surface area contributed by atoms with Gasteiger partial charge in [0.05, 0.1) is 36.3 Å². The zero-order chi connectivity index (χ0) is 20.9. The normalized spacial score (nSPS) is 17.2. The Labute approximate surface area is 176 Å². The smallest absolute Gasteiger partial charge is 0.257 e. The molecule has 2 fully saturated rings. The molecule has 1 aliphatic heterocycles. The van der Waals surface area contributed by atoms with Gasteiger partial charge in [-0.05, 0) is 25.0 Å². The van der Waals surface area contributed by atoms with Gasteiger partial charge >= 0.3 is 0 Å². The maximum Gasteiger partial charge on any atom is 0.257 e. The minimum absolute atomic E-state index is 0.00742. The molecule has 2 heterocycles. The summed E-state index contributed by atoms with van der Waals surface area (Å²) < 4.78 is 6.87. The molecule has 0 bridgehead atoms. The average molecular weight is 412 g/mol. The molecule has 1 N–H and O–H groups in total. The van der Waals surface area contributed by atoms with Crippen molar-refractivity contribution in [3.8, 4) is 5.69 Å². The number of carbonyl (C=O) groups excluding carboxylic acids is 2. The Kier molecular flexibility index (Phi) is 6.44. The third-order valence-corrected chi connectivity index (χ3v) is 5.66. The van der Waals surface area contributed by atoms with Crippen LogP contribution in [0.15, 0.2) is 36.5 Å². The van der Waals surface area contributed by atoms with E-state index in [0.29, 0.717) is 57.4 Å². The summed E-state index contributed by atoms with van der Waals surface area (Å²) in [5, 5.41) is 7.39. The van der Waals surface area contributed by atoms with Crippen LogP contribution in [0.5, 0.6) is 0 Å². The second kappa shape index (κ2) is 9.40. The Morgan fingerprint density at radius 3 is 2.53 bits per heavy atom. The fourth-order valence-electron chi connectivity index (χ4n) is 3.88. The first-order valence-electron chi connectivity index (χ1n) is 10.6. The highest BCUT2D eigenvalue weighted by Crippen LogP contribution is 2.42. The number of hydrogen-bond donors (Lipinski definition) is 1. The first-order valence-corrected chi connectivity index (χ1v) is 10.6. The van der Waals surface area contributed by atoms with Crippen LogP contribution in [0.25, 0.3) is 5.69 Å². The maximum absolute atomic E-state index is 13.3. The van der Waals surface area contributed by atoms with E-state index in [1.165, 1.54) is 0 Å². The van der Waals surface area contributed by atoms with E-state index in [4.69, 9.17) is 4.74 Å². The second-order valence-corrected chi connectivity index (χ2v) is 7.88. The summed E-state index contributed by atoms with van der Waals surface area (Å²) in [5.41, 5.74) is 2.74. The van der Waals surface area contributed by atoms with Gasteiger partial charge < -0.3 is 15.0 Å². The fraction of sp³-hybridized carbons (Fsp3) is 0.500. The summed E-state index contributed by atoms with van der Waals surface area (Å²) in [6, 6.07) is 9.99. The number of piperazine rings is 1. The van der Waals surface area contributed by atoms with Gasteiger partial charge in [-0.25, -0.2) is 4.68 Å². The lowest BCUT2D eigenvalue weighted by atomic mass is 10.1. The molecule has 30 heavy (non-hydrogen) atoms. The van der Waals surface area contributed by atoms with E-state index < -0.39 is 0 Å². The van der Waals surface area contributed by atoms with E-state index in [1.54, 1.807) is 13.3 Å². The van der Waals surface area contributed by atoms with Crippen molar-refractivity contribution in [3.05, 3.63) is 47.8 Å². The Bertz CT molecular complexity index is 870. The van der Waals surface area contributed by atoms with Gasteiger partial charge in [-0.3, -0.25) is 14.5 Å². The molecule has 2 aromatic rings. The lowest BCUT2D eigenvalue weighted by Gasteiger charge is -2.34. The van der Waals surface area contributed by atoms with Crippen LogP contribution in [0.4, 0.5) is 0 Å². The van der Waals surface area contributed by atoms with Crippen molar-refractivity contribution in [1.29, 1.82) is 0 Å². The van der Waals surface area contributed by atoms with Crippen molar-refractivity contribution < 1.29 is 14.3 Å². The predicted octanol–water partition coefficient (Wildman–Crippen LogP) is 1.27. The Morgan fingerprint density at radius 1 is 1.13 bits per heavy atom. The molecule has 2 amide bonds. The summed E-state index contributed by atoms with van der Waals surface area (Å²) in [4.78, 5) is 29.2. The van der Waals surface area contributed by atoms with Gasteiger partial charge in [-0.1, -0.05) is 18.2 Å². The Hall–Kier alpha value is -2.71. The highest BCUT2D eigenvalue weighted by Gasteiger charge is 2.35. The van der Waals surface area contributed by atoms with Crippen LogP contribution in [0.1, 0.15) is 34.8 Å². The number of methoxy groups -OCH3 is 1. The number of hydrogen-bond acceptors (Lipinski definition) is 5. The van der Waals surface area contributed by atoms with Gasteiger partial charge in [0.25, 0.3) is 5.91 Å². The molecule has 1 aromatic heterocycles. The molecule has 8 nitrogen and oxygen atoms in total. The number of nitrogens with zero attached hydrogens (tertiary/aromatic N) is 4. The van der Waals surface area contributed by atoms with E-state index in [-0.39, 0.29) is 11.8 Å². The van der Waals surface area contributed by atoms with Crippen molar-refractivity contribution in [2.45, 2.75) is 18.8 Å².